The predicted molar refractivity (Wildman–Crippen MR) is 61.5 cm³/mol. The molecule has 1 rings (SSSR count). The first kappa shape index (κ1) is 13.4. The number of hydrogen-bond acceptors (Lipinski definition) is 4. The summed E-state index contributed by atoms with van der Waals surface area (Å²) in [5.74, 6) is -0.580. The van der Waals surface area contributed by atoms with Gasteiger partial charge in [0.25, 0.3) is 0 Å². The molecule has 4 nitrogen and oxygen atoms in total. The van der Waals surface area contributed by atoms with Crippen LogP contribution >= 0.6 is 0 Å². The number of carbonyl (C=O) groups excluding carboxylic acids is 1. The quantitative estimate of drug-likeness (QED) is 0.613. The molecule has 0 heterocycles. The third kappa shape index (κ3) is 4.36. The summed E-state index contributed by atoms with van der Waals surface area (Å²) in [5.41, 5.74) is 0.474. The van der Waals surface area contributed by atoms with Gasteiger partial charge in [0, 0.05) is 0 Å². The summed E-state index contributed by atoms with van der Waals surface area (Å²) < 4.78 is 37.8. The van der Waals surface area contributed by atoms with Crippen molar-refractivity contribution in [3.63, 3.8) is 0 Å². The van der Waals surface area contributed by atoms with E-state index in [1.807, 2.05) is 0 Å². The third-order valence-electron chi connectivity index (χ3n) is 1.87. The molecular weight excluding hydrogens is 247 g/mol. The Morgan fingerprint density at radius 2 is 2.06 bits per heavy atom. The fraction of sp³-hybridized carbons (Fsp3) is 0.182. The number of hydrogen-bond donors (Lipinski definition) is 0. The molecule has 17 heavy (non-hydrogen) atoms. The zero-order chi connectivity index (χ0) is 12.9. The topological polar surface area (TPSA) is 60.4 Å². The Labute approximate surface area is 98.9 Å². The standard InChI is InChI=1S/C11H11FO4S/c1-2-16-11(13)10-6-4-3-5-9(10)7-8-17(12,14)15/h3-8H,2H2,1H3/b8-7+. The highest BCUT2D eigenvalue weighted by atomic mass is 32.3. The monoisotopic (exact) mass is 258 g/mol. The molecule has 0 fully saturated rings. The van der Waals surface area contributed by atoms with Crippen LogP contribution in [0.1, 0.15) is 22.8 Å². The predicted octanol–water partition coefficient (Wildman–Crippen LogP) is 2.13. The summed E-state index contributed by atoms with van der Waals surface area (Å²) in [6.45, 7) is 1.86. The summed E-state index contributed by atoms with van der Waals surface area (Å²) in [6, 6.07) is 6.18. The van der Waals surface area contributed by atoms with Crippen molar-refractivity contribution in [2.75, 3.05) is 6.61 Å². The van der Waals surface area contributed by atoms with Crippen LogP contribution in [-0.2, 0) is 15.0 Å². The van der Waals surface area contributed by atoms with Crippen LogP contribution in [0.15, 0.2) is 29.7 Å². The maximum atomic E-state index is 12.3. The summed E-state index contributed by atoms with van der Waals surface area (Å²) in [4.78, 5) is 11.5. The third-order valence-corrected chi connectivity index (χ3v) is 2.33. The van der Waals surface area contributed by atoms with Gasteiger partial charge in [-0.2, -0.15) is 8.42 Å². The van der Waals surface area contributed by atoms with Crippen LogP contribution in [0.3, 0.4) is 0 Å². The molecule has 92 valence electrons. The van der Waals surface area contributed by atoms with Crippen LogP contribution in [0.2, 0.25) is 0 Å². The molecule has 0 aliphatic carbocycles. The number of ether oxygens (including phenoxy) is 1. The van der Waals surface area contributed by atoms with Crippen molar-refractivity contribution in [1.29, 1.82) is 0 Å². The molecule has 0 unspecified atom stereocenters. The lowest BCUT2D eigenvalue weighted by molar-refractivity contribution is 0.0526. The Morgan fingerprint density at radius 1 is 1.41 bits per heavy atom. The van der Waals surface area contributed by atoms with Gasteiger partial charge in [-0.3, -0.25) is 0 Å². The maximum absolute atomic E-state index is 12.3. The second-order valence-corrected chi connectivity index (χ2v) is 4.31. The molecule has 1 aromatic rings. The summed E-state index contributed by atoms with van der Waals surface area (Å²) in [7, 11) is -4.71. The fourth-order valence-electron chi connectivity index (χ4n) is 1.19. The molecule has 0 amide bonds. The molecule has 0 spiro atoms. The van der Waals surface area contributed by atoms with Gasteiger partial charge in [-0.05, 0) is 24.6 Å². The lowest BCUT2D eigenvalue weighted by Gasteiger charge is -2.04. The van der Waals surface area contributed by atoms with Gasteiger partial charge in [0.05, 0.1) is 17.6 Å². The molecule has 0 N–H and O–H groups in total. The van der Waals surface area contributed by atoms with Gasteiger partial charge in [0.15, 0.2) is 0 Å². The molecule has 1 aromatic carbocycles. The van der Waals surface area contributed by atoms with E-state index in [4.69, 9.17) is 4.74 Å². The Kier molecular flexibility index (Phi) is 4.39. The number of carbonyl (C=O) groups is 1. The minimum absolute atomic E-state index is 0.189. The van der Waals surface area contributed by atoms with Crippen molar-refractivity contribution in [3.05, 3.63) is 40.8 Å². The fourth-order valence-corrected chi connectivity index (χ4v) is 1.50. The van der Waals surface area contributed by atoms with Crippen LogP contribution in [0.25, 0.3) is 6.08 Å². The normalized spacial score (nSPS) is 11.6. The highest BCUT2D eigenvalue weighted by molar-refractivity contribution is 7.89. The number of rotatable bonds is 4. The lowest BCUT2D eigenvalue weighted by atomic mass is 10.1. The SMILES string of the molecule is CCOC(=O)c1ccccc1/C=C/S(=O)(=O)F. The maximum Gasteiger partial charge on any atom is 0.338 e. The molecule has 0 atom stereocenters. The van der Waals surface area contributed by atoms with Crippen LogP contribution in [0.4, 0.5) is 3.89 Å². The molecule has 0 aliphatic heterocycles. The second-order valence-electron chi connectivity index (χ2n) is 3.09. The minimum Gasteiger partial charge on any atom is -0.462 e. The smallest absolute Gasteiger partial charge is 0.338 e. The van der Waals surface area contributed by atoms with Gasteiger partial charge in [-0.15, -0.1) is 3.89 Å². The Balaban J connectivity index is 3.08. The zero-order valence-corrected chi connectivity index (χ0v) is 9.91. The van der Waals surface area contributed by atoms with Gasteiger partial charge in [0.1, 0.15) is 0 Å². The van der Waals surface area contributed by atoms with E-state index < -0.39 is 16.2 Å². The zero-order valence-electron chi connectivity index (χ0n) is 9.09. The Morgan fingerprint density at radius 3 is 2.65 bits per heavy atom. The van der Waals surface area contributed by atoms with E-state index in [9.17, 15) is 17.1 Å². The van der Waals surface area contributed by atoms with Gasteiger partial charge in [-0.25, -0.2) is 4.79 Å². The summed E-state index contributed by atoms with van der Waals surface area (Å²) in [5, 5.41) is 0.394. The van der Waals surface area contributed by atoms with E-state index >= 15 is 0 Å². The van der Waals surface area contributed by atoms with Crippen LogP contribution in [0, 0.1) is 0 Å². The van der Waals surface area contributed by atoms with Crippen molar-refractivity contribution >= 4 is 22.3 Å². The summed E-state index contributed by atoms with van der Waals surface area (Å²) >= 11 is 0. The van der Waals surface area contributed by atoms with Crippen LogP contribution in [0.5, 0.6) is 0 Å². The van der Waals surface area contributed by atoms with Crippen molar-refractivity contribution in [2.24, 2.45) is 0 Å². The van der Waals surface area contributed by atoms with Crippen molar-refractivity contribution < 1.29 is 21.8 Å². The first-order valence-electron chi connectivity index (χ1n) is 4.83. The van der Waals surface area contributed by atoms with Crippen LogP contribution < -0.4 is 0 Å². The van der Waals surface area contributed by atoms with E-state index in [0.29, 0.717) is 5.41 Å². The Bertz CT molecular complexity index is 534. The van der Waals surface area contributed by atoms with Crippen molar-refractivity contribution in [1.82, 2.24) is 0 Å². The molecule has 0 saturated carbocycles. The number of esters is 1. The average molecular weight is 258 g/mol. The van der Waals surface area contributed by atoms with Crippen molar-refractivity contribution in [3.8, 4) is 0 Å². The van der Waals surface area contributed by atoms with Gasteiger partial charge >= 0.3 is 16.2 Å². The second kappa shape index (κ2) is 5.58. The Hall–Kier alpha value is -1.69. The number of benzene rings is 1. The molecule has 0 radical (unpaired) electrons. The molecule has 0 saturated heterocycles. The van der Waals surface area contributed by atoms with Gasteiger partial charge < -0.3 is 4.74 Å². The van der Waals surface area contributed by atoms with Crippen LogP contribution in [-0.4, -0.2) is 21.0 Å². The highest BCUT2D eigenvalue weighted by Crippen LogP contribution is 2.13. The van der Waals surface area contributed by atoms with Gasteiger partial charge in [-0.1, -0.05) is 18.2 Å². The average Bonchev–Trinajstić information content (AvgIpc) is 2.26. The molecular formula is C11H11FO4S. The van der Waals surface area contributed by atoms with E-state index in [2.05, 4.69) is 0 Å². The molecule has 0 aromatic heterocycles. The van der Waals surface area contributed by atoms with Crippen molar-refractivity contribution in [2.45, 2.75) is 6.92 Å². The van der Waals surface area contributed by atoms with E-state index in [-0.39, 0.29) is 17.7 Å². The van der Waals surface area contributed by atoms with E-state index in [0.717, 1.165) is 6.08 Å². The molecule has 0 aliphatic rings. The lowest BCUT2D eigenvalue weighted by Crippen LogP contribution is -2.06. The summed E-state index contributed by atoms with van der Waals surface area (Å²) in [6.07, 6.45) is 1.02. The highest BCUT2D eigenvalue weighted by Gasteiger charge is 2.10. The molecule has 6 heteroatoms. The first-order valence-corrected chi connectivity index (χ1v) is 6.27. The number of halogens is 1. The largest absolute Gasteiger partial charge is 0.462 e. The van der Waals surface area contributed by atoms with Gasteiger partial charge in [0.2, 0.25) is 0 Å². The minimum atomic E-state index is -4.71. The first-order chi connectivity index (χ1) is 7.94. The molecule has 0 bridgehead atoms. The van der Waals surface area contributed by atoms with E-state index in [1.165, 1.54) is 12.1 Å². The van der Waals surface area contributed by atoms with E-state index in [1.54, 1.807) is 19.1 Å².